The Balaban J connectivity index is 0.00000208. The van der Waals surface area contributed by atoms with Crippen molar-refractivity contribution in [3.05, 3.63) is 47.6 Å². The lowest BCUT2D eigenvalue weighted by molar-refractivity contribution is -0.132. The molecule has 2 aromatic rings. The average Bonchev–Trinajstić information content (AvgIpc) is 3.02. The largest absolute Gasteiger partial charge is 0.343 e. The molecule has 1 aromatic heterocycles. The first kappa shape index (κ1) is 18.4. The normalized spacial score (nSPS) is 16.5. The van der Waals surface area contributed by atoms with Crippen LogP contribution in [-0.2, 0) is 4.79 Å². The number of nitrogens with two attached hydrogens (primary N) is 1. The van der Waals surface area contributed by atoms with Crippen molar-refractivity contribution in [3.63, 3.8) is 0 Å². The molecule has 130 valence electrons. The highest BCUT2D eigenvalue weighted by Gasteiger charge is 2.27. The number of benzene rings is 1. The predicted octanol–water partition coefficient (Wildman–Crippen LogP) is 2.60. The van der Waals surface area contributed by atoms with Gasteiger partial charge in [-0.2, -0.15) is 4.98 Å². The number of carbonyl (C=O) groups excluding carboxylic acids is 1. The van der Waals surface area contributed by atoms with Crippen LogP contribution in [0.2, 0.25) is 0 Å². The van der Waals surface area contributed by atoms with E-state index in [1.54, 1.807) is 0 Å². The molecule has 0 bridgehead atoms. The van der Waals surface area contributed by atoms with E-state index >= 15 is 0 Å². The predicted molar refractivity (Wildman–Crippen MR) is 92.8 cm³/mol. The van der Waals surface area contributed by atoms with Crippen LogP contribution in [0.15, 0.2) is 34.9 Å². The second-order valence-electron chi connectivity index (χ2n) is 6.06. The Morgan fingerprint density at radius 2 is 2.00 bits per heavy atom. The summed E-state index contributed by atoms with van der Waals surface area (Å²) in [5.41, 5.74) is 7.14. The molecule has 0 saturated carbocycles. The van der Waals surface area contributed by atoms with Gasteiger partial charge in [-0.25, -0.2) is 0 Å². The summed E-state index contributed by atoms with van der Waals surface area (Å²) in [5.74, 6) is 1.72. The van der Waals surface area contributed by atoms with Gasteiger partial charge in [0, 0.05) is 31.5 Å². The molecular formula is C17H23ClN4O2. The SMILES string of the molecule is Cc1noc(C2CCN(C(=O)CC(N)c3ccccc3)CC2)n1.Cl. The van der Waals surface area contributed by atoms with Crippen LogP contribution >= 0.6 is 12.4 Å². The molecule has 1 amide bonds. The Hall–Kier alpha value is -1.92. The number of likely N-dealkylation sites (tertiary alicyclic amines) is 1. The lowest BCUT2D eigenvalue weighted by Crippen LogP contribution is -2.39. The van der Waals surface area contributed by atoms with Crippen LogP contribution < -0.4 is 5.73 Å². The van der Waals surface area contributed by atoms with Crippen LogP contribution in [-0.4, -0.2) is 34.0 Å². The fourth-order valence-electron chi connectivity index (χ4n) is 2.99. The van der Waals surface area contributed by atoms with Crippen molar-refractivity contribution in [2.45, 2.75) is 38.1 Å². The van der Waals surface area contributed by atoms with Crippen molar-refractivity contribution < 1.29 is 9.32 Å². The molecule has 1 unspecified atom stereocenters. The number of carbonyl (C=O) groups is 1. The van der Waals surface area contributed by atoms with Crippen molar-refractivity contribution >= 4 is 18.3 Å². The monoisotopic (exact) mass is 350 g/mol. The first-order valence-electron chi connectivity index (χ1n) is 8.02. The van der Waals surface area contributed by atoms with Crippen LogP contribution in [0.4, 0.5) is 0 Å². The Kier molecular flexibility index (Phi) is 6.34. The van der Waals surface area contributed by atoms with Gasteiger partial charge in [-0.3, -0.25) is 4.79 Å². The van der Waals surface area contributed by atoms with Gasteiger partial charge >= 0.3 is 0 Å². The second-order valence-corrected chi connectivity index (χ2v) is 6.06. The van der Waals surface area contributed by atoms with Crippen LogP contribution in [0, 0.1) is 6.92 Å². The van der Waals surface area contributed by atoms with Crippen LogP contribution in [0.5, 0.6) is 0 Å². The van der Waals surface area contributed by atoms with Gasteiger partial charge in [0.2, 0.25) is 11.8 Å². The zero-order valence-electron chi connectivity index (χ0n) is 13.7. The molecular weight excluding hydrogens is 328 g/mol. The first-order valence-corrected chi connectivity index (χ1v) is 8.02. The number of aromatic nitrogens is 2. The summed E-state index contributed by atoms with van der Waals surface area (Å²) in [6.45, 7) is 3.25. The third-order valence-corrected chi connectivity index (χ3v) is 4.36. The minimum absolute atomic E-state index is 0. The Morgan fingerprint density at radius 3 is 2.58 bits per heavy atom. The van der Waals surface area contributed by atoms with Gasteiger partial charge in [0.05, 0.1) is 0 Å². The molecule has 1 aliphatic heterocycles. The Bertz CT molecular complexity index is 654. The molecule has 0 aliphatic carbocycles. The van der Waals surface area contributed by atoms with E-state index < -0.39 is 0 Å². The van der Waals surface area contributed by atoms with Crippen LogP contribution in [0.3, 0.4) is 0 Å². The van der Waals surface area contributed by atoms with E-state index in [0.717, 1.165) is 18.4 Å². The lowest BCUT2D eigenvalue weighted by atomic mass is 9.96. The molecule has 0 radical (unpaired) electrons. The summed E-state index contributed by atoms with van der Waals surface area (Å²) < 4.78 is 5.24. The molecule has 1 atom stereocenters. The number of halogens is 1. The molecule has 2 heterocycles. The van der Waals surface area contributed by atoms with Gasteiger partial charge in [-0.1, -0.05) is 35.5 Å². The Labute approximate surface area is 147 Å². The van der Waals surface area contributed by atoms with Crippen LogP contribution in [0.25, 0.3) is 0 Å². The maximum Gasteiger partial charge on any atom is 0.229 e. The van der Waals surface area contributed by atoms with Gasteiger partial charge in [0.15, 0.2) is 5.82 Å². The third-order valence-electron chi connectivity index (χ3n) is 4.36. The minimum Gasteiger partial charge on any atom is -0.343 e. The topological polar surface area (TPSA) is 85.2 Å². The van der Waals surface area contributed by atoms with Gasteiger partial charge in [-0.05, 0) is 25.3 Å². The van der Waals surface area contributed by atoms with Gasteiger partial charge in [0.25, 0.3) is 0 Å². The molecule has 1 saturated heterocycles. The lowest BCUT2D eigenvalue weighted by Gasteiger charge is -2.31. The van der Waals surface area contributed by atoms with Gasteiger partial charge < -0.3 is 15.2 Å². The summed E-state index contributed by atoms with van der Waals surface area (Å²) in [4.78, 5) is 18.6. The number of hydrogen-bond donors (Lipinski definition) is 1. The van der Waals surface area contributed by atoms with E-state index in [9.17, 15) is 4.79 Å². The number of amides is 1. The highest BCUT2D eigenvalue weighted by Crippen LogP contribution is 2.27. The fraction of sp³-hybridized carbons (Fsp3) is 0.471. The van der Waals surface area contributed by atoms with E-state index in [1.165, 1.54) is 0 Å². The van der Waals surface area contributed by atoms with E-state index in [4.69, 9.17) is 10.3 Å². The number of nitrogens with zero attached hydrogens (tertiary/aromatic N) is 3. The molecule has 7 heteroatoms. The summed E-state index contributed by atoms with van der Waals surface area (Å²) in [5, 5.41) is 3.84. The molecule has 24 heavy (non-hydrogen) atoms. The number of aryl methyl sites for hydroxylation is 1. The van der Waals surface area contributed by atoms with Crippen molar-refractivity contribution in [3.8, 4) is 0 Å². The second kappa shape index (κ2) is 8.26. The average molecular weight is 351 g/mol. The maximum absolute atomic E-state index is 12.4. The van der Waals surface area contributed by atoms with E-state index in [-0.39, 0.29) is 30.3 Å². The van der Waals surface area contributed by atoms with E-state index in [0.29, 0.717) is 31.2 Å². The van der Waals surface area contributed by atoms with Crippen molar-refractivity contribution in [1.29, 1.82) is 0 Å². The highest BCUT2D eigenvalue weighted by atomic mass is 35.5. The fourth-order valence-corrected chi connectivity index (χ4v) is 2.99. The molecule has 2 N–H and O–H groups in total. The van der Waals surface area contributed by atoms with Crippen molar-refractivity contribution in [2.24, 2.45) is 5.73 Å². The van der Waals surface area contributed by atoms with Crippen LogP contribution in [0.1, 0.15) is 48.5 Å². The minimum atomic E-state index is -0.250. The number of piperidine rings is 1. The zero-order chi connectivity index (χ0) is 16.2. The zero-order valence-corrected chi connectivity index (χ0v) is 14.5. The molecule has 1 fully saturated rings. The van der Waals surface area contributed by atoms with Gasteiger partial charge in [-0.15, -0.1) is 12.4 Å². The quantitative estimate of drug-likeness (QED) is 0.916. The highest BCUT2D eigenvalue weighted by molar-refractivity contribution is 5.85. The van der Waals surface area contributed by atoms with Gasteiger partial charge in [0.1, 0.15) is 0 Å². The van der Waals surface area contributed by atoms with E-state index in [1.807, 2.05) is 42.2 Å². The van der Waals surface area contributed by atoms with Crippen molar-refractivity contribution in [1.82, 2.24) is 15.0 Å². The molecule has 0 spiro atoms. The standard InChI is InChI=1S/C17H22N4O2.ClH/c1-12-19-17(23-20-12)14-7-9-21(10-8-14)16(22)11-15(18)13-5-3-2-4-6-13;/h2-6,14-15H,7-11,18H2,1H3;1H. The van der Waals surface area contributed by atoms with Crippen molar-refractivity contribution in [2.75, 3.05) is 13.1 Å². The summed E-state index contributed by atoms with van der Waals surface area (Å²) in [6.07, 6.45) is 2.05. The van der Waals surface area contributed by atoms with E-state index in [2.05, 4.69) is 10.1 Å². The number of hydrogen-bond acceptors (Lipinski definition) is 5. The maximum atomic E-state index is 12.4. The Morgan fingerprint density at radius 1 is 1.33 bits per heavy atom. The smallest absolute Gasteiger partial charge is 0.229 e. The molecule has 3 rings (SSSR count). The third kappa shape index (κ3) is 4.33. The first-order chi connectivity index (χ1) is 11.1. The molecule has 6 nitrogen and oxygen atoms in total. The number of rotatable bonds is 4. The summed E-state index contributed by atoms with van der Waals surface area (Å²) in [6, 6.07) is 9.50. The molecule has 1 aliphatic rings. The molecule has 1 aromatic carbocycles. The summed E-state index contributed by atoms with van der Waals surface area (Å²) in [7, 11) is 0. The summed E-state index contributed by atoms with van der Waals surface area (Å²) >= 11 is 0.